The zero-order chi connectivity index (χ0) is 19.4. The van der Waals surface area contributed by atoms with Crippen LogP contribution in [0.5, 0.6) is 0 Å². The number of ether oxygens (including phenoxy) is 1. The molecule has 2 aromatic rings. The average Bonchev–Trinajstić information content (AvgIpc) is 3.02. The Morgan fingerprint density at radius 2 is 2.04 bits per heavy atom. The van der Waals surface area contributed by atoms with Crippen molar-refractivity contribution in [3.63, 3.8) is 0 Å². The van der Waals surface area contributed by atoms with Gasteiger partial charge in [0.05, 0.1) is 12.6 Å². The molecule has 1 atom stereocenters. The Balaban J connectivity index is 1.59. The van der Waals surface area contributed by atoms with Crippen LogP contribution in [0, 0.1) is 11.6 Å². The van der Waals surface area contributed by atoms with Crippen molar-refractivity contribution in [3.8, 4) is 0 Å². The zero-order valence-electron chi connectivity index (χ0n) is 14.7. The van der Waals surface area contributed by atoms with Crippen molar-refractivity contribution in [1.82, 2.24) is 10.2 Å². The first-order valence-electron chi connectivity index (χ1n) is 8.45. The molecule has 0 radical (unpaired) electrons. The fourth-order valence-corrected chi connectivity index (χ4v) is 2.77. The lowest BCUT2D eigenvalue weighted by Crippen LogP contribution is -2.31. The summed E-state index contributed by atoms with van der Waals surface area (Å²) < 4.78 is 31.2. The van der Waals surface area contributed by atoms with E-state index >= 15 is 0 Å². The maximum absolute atomic E-state index is 13.3. The van der Waals surface area contributed by atoms with E-state index < -0.39 is 23.7 Å². The van der Waals surface area contributed by atoms with Crippen molar-refractivity contribution in [2.75, 3.05) is 18.5 Å². The SMILES string of the molecule is C[C@H](NC(=O)Nc1cccc(CN2CCOC2=O)c1)c1ccc(F)c(F)c1. The average molecular weight is 375 g/mol. The molecule has 1 saturated heterocycles. The van der Waals surface area contributed by atoms with Gasteiger partial charge in [0, 0.05) is 12.2 Å². The molecular formula is C19H19F2N3O3. The number of hydrogen-bond donors (Lipinski definition) is 2. The lowest BCUT2D eigenvalue weighted by atomic mass is 10.1. The molecule has 1 aliphatic rings. The van der Waals surface area contributed by atoms with Crippen molar-refractivity contribution in [2.24, 2.45) is 0 Å². The van der Waals surface area contributed by atoms with Crippen molar-refractivity contribution in [1.29, 1.82) is 0 Å². The largest absolute Gasteiger partial charge is 0.448 e. The Morgan fingerprint density at radius 1 is 1.22 bits per heavy atom. The van der Waals surface area contributed by atoms with Crippen LogP contribution in [0.3, 0.4) is 0 Å². The lowest BCUT2D eigenvalue weighted by Gasteiger charge is -2.16. The number of carbonyl (C=O) groups excluding carboxylic acids is 2. The van der Waals surface area contributed by atoms with E-state index in [0.717, 1.165) is 17.7 Å². The smallest absolute Gasteiger partial charge is 0.410 e. The number of nitrogens with one attached hydrogen (secondary N) is 2. The highest BCUT2D eigenvalue weighted by Crippen LogP contribution is 2.18. The van der Waals surface area contributed by atoms with E-state index in [9.17, 15) is 18.4 Å². The van der Waals surface area contributed by atoms with E-state index in [1.807, 2.05) is 6.07 Å². The summed E-state index contributed by atoms with van der Waals surface area (Å²) >= 11 is 0. The van der Waals surface area contributed by atoms with Crippen LogP contribution in [0.1, 0.15) is 24.1 Å². The summed E-state index contributed by atoms with van der Waals surface area (Å²) in [7, 11) is 0. The van der Waals surface area contributed by atoms with Gasteiger partial charge in [0.2, 0.25) is 0 Å². The summed E-state index contributed by atoms with van der Waals surface area (Å²) in [6.07, 6.45) is -0.355. The third kappa shape index (κ3) is 4.72. The van der Waals surface area contributed by atoms with E-state index in [1.165, 1.54) is 6.07 Å². The fraction of sp³-hybridized carbons (Fsp3) is 0.263. The molecule has 27 heavy (non-hydrogen) atoms. The van der Waals surface area contributed by atoms with Gasteiger partial charge in [0.1, 0.15) is 6.61 Å². The van der Waals surface area contributed by atoms with Gasteiger partial charge in [-0.1, -0.05) is 18.2 Å². The number of halogens is 2. The minimum Gasteiger partial charge on any atom is -0.448 e. The van der Waals surface area contributed by atoms with Gasteiger partial charge in [-0.05, 0) is 42.3 Å². The topological polar surface area (TPSA) is 70.7 Å². The molecule has 0 spiro atoms. The number of hydrogen-bond acceptors (Lipinski definition) is 3. The summed E-state index contributed by atoms with van der Waals surface area (Å²) in [6, 6.07) is 9.58. The van der Waals surface area contributed by atoms with Gasteiger partial charge < -0.3 is 20.3 Å². The van der Waals surface area contributed by atoms with Crippen LogP contribution in [-0.2, 0) is 11.3 Å². The third-order valence-corrected chi connectivity index (χ3v) is 4.19. The normalized spacial score (nSPS) is 14.6. The summed E-state index contributed by atoms with van der Waals surface area (Å²) in [5.41, 5.74) is 1.85. The molecule has 1 fully saturated rings. The highest BCUT2D eigenvalue weighted by Gasteiger charge is 2.21. The molecule has 0 saturated carbocycles. The Labute approximate surface area is 155 Å². The second kappa shape index (κ2) is 8.03. The standard InChI is InChI=1S/C19H19F2N3O3/c1-12(14-5-6-16(20)17(21)10-14)22-18(25)23-15-4-2-3-13(9-15)11-24-7-8-27-19(24)26/h2-6,9-10,12H,7-8,11H2,1H3,(H2,22,23,25)/t12-/m0/s1. The predicted molar refractivity (Wildman–Crippen MR) is 95.1 cm³/mol. The molecule has 0 unspecified atom stereocenters. The highest BCUT2D eigenvalue weighted by molar-refractivity contribution is 5.89. The van der Waals surface area contributed by atoms with Gasteiger partial charge in [-0.2, -0.15) is 0 Å². The molecule has 0 aromatic heterocycles. The van der Waals surface area contributed by atoms with Crippen molar-refractivity contribution >= 4 is 17.8 Å². The fourth-order valence-electron chi connectivity index (χ4n) is 2.77. The first-order chi connectivity index (χ1) is 12.9. The van der Waals surface area contributed by atoms with Gasteiger partial charge in [-0.25, -0.2) is 18.4 Å². The molecule has 1 aliphatic heterocycles. The van der Waals surface area contributed by atoms with E-state index in [4.69, 9.17) is 4.74 Å². The van der Waals surface area contributed by atoms with E-state index in [1.54, 1.807) is 30.0 Å². The lowest BCUT2D eigenvalue weighted by molar-refractivity contribution is 0.157. The molecule has 0 aliphatic carbocycles. The van der Waals surface area contributed by atoms with Crippen molar-refractivity contribution in [2.45, 2.75) is 19.5 Å². The van der Waals surface area contributed by atoms with Crippen LogP contribution in [0.2, 0.25) is 0 Å². The maximum Gasteiger partial charge on any atom is 0.410 e. The van der Waals surface area contributed by atoms with Crippen LogP contribution >= 0.6 is 0 Å². The molecule has 8 heteroatoms. The Hall–Kier alpha value is -3.16. The Kier molecular flexibility index (Phi) is 5.54. The van der Waals surface area contributed by atoms with E-state index in [0.29, 0.717) is 30.9 Å². The zero-order valence-corrected chi connectivity index (χ0v) is 14.7. The molecule has 6 nitrogen and oxygen atoms in total. The second-order valence-corrected chi connectivity index (χ2v) is 6.23. The van der Waals surface area contributed by atoms with Crippen LogP contribution in [0.4, 0.5) is 24.1 Å². The van der Waals surface area contributed by atoms with Gasteiger partial charge in [-0.15, -0.1) is 0 Å². The second-order valence-electron chi connectivity index (χ2n) is 6.23. The van der Waals surface area contributed by atoms with Gasteiger partial charge in [0.25, 0.3) is 0 Å². The number of cyclic esters (lactones) is 1. The molecular weight excluding hydrogens is 356 g/mol. The van der Waals surface area contributed by atoms with Gasteiger partial charge in [0.15, 0.2) is 11.6 Å². The Bertz CT molecular complexity index is 860. The molecule has 1 heterocycles. The van der Waals surface area contributed by atoms with Crippen molar-refractivity contribution < 1.29 is 23.1 Å². The maximum atomic E-state index is 13.3. The minimum atomic E-state index is -0.963. The van der Waals surface area contributed by atoms with E-state index in [-0.39, 0.29) is 6.09 Å². The minimum absolute atomic E-state index is 0.355. The number of rotatable bonds is 5. The quantitative estimate of drug-likeness (QED) is 0.835. The molecule has 0 bridgehead atoms. The summed E-state index contributed by atoms with van der Waals surface area (Å²) in [5, 5.41) is 5.36. The van der Waals surface area contributed by atoms with Gasteiger partial charge >= 0.3 is 12.1 Å². The molecule has 3 rings (SSSR count). The Morgan fingerprint density at radius 3 is 2.74 bits per heavy atom. The molecule has 3 amide bonds. The van der Waals surface area contributed by atoms with Crippen LogP contribution < -0.4 is 10.6 Å². The van der Waals surface area contributed by atoms with Crippen molar-refractivity contribution in [3.05, 3.63) is 65.2 Å². The van der Waals surface area contributed by atoms with E-state index in [2.05, 4.69) is 10.6 Å². The van der Waals surface area contributed by atoms with Crippen LogP contribution in [0.15, 0.2) is 42.5 Å². The highest BCUT2D eigenvalue weighted by atomic mass is 19.2. The number of carbonyl (C=O) groups is 2. The van der Waals surface area contributed by atoms with Crippen LogP contribution in [0.25, 0.3) is 0 Å². The monoisotopic (exact) mass is 375 g/mol. The van der Waals surface area contributed by atoms with Gasteiger partial charge in [-0.3, -0.25) is 0 Å². The number of nitrogens with zero attached hydrogens (tertiary/aromatic N) is 1. The summed E-state index contributed by atoms with van der Waals surface area (Å²) in [6.45, 7) is 2.96. The number of anilines is 1. The van der Waals surface area contributed by atoms with Crippen LogP contribution in [-0.4, -0.2) is 30.2 Å². The third-order valence-electron chi connectivity index (χ3n) is 4.19. The molecule has 2 N–H and O–H groups in total. The summed E-state index contributed by atoms with van der Waals surface area (Å²) in [5.74, 6) is -1.90. The predicted octanol–water partition coefficient (Wildman–Crippen LogP) is 3.80. The first-order valence-corrected chi connectivity index (χ1v) is 8.45. The first kappa shape index (κ1) is 18.6. The number of urea groups is 1. The molecule has 2 aromatic carbocycles. The molecule has 142 valence electrons. The summed E-state index contributed by atoms with van der Waals surface area (Å²) in [4.78, 5) is 25.3. The number of benzene rings is 2. The number of amides is 3.